The summed E-state index contributed by atoms with van der Waals surface area (Å²) in [6.45, 7) is 6.00. The van der Waals surface area contributed by atoms with Crippen LogP contribution in [-0.4, -0.2) is 91.5 Å². The monoisotopic (exact) mass is 566 g/mol. The number of nitriles is 1. The van der Waals surface area contributed by atoms with Crippen LogP contribution < -0.4 is 15.5 Å². The number of piperazine rings is 1. The number of pyridine rings is 1. The summed E-state index contributed by atoms with van der Waals surface area (Å²) >= 11 is 0. The van der Waals surface area contributed by atoms with E-state index in [1.54, 1.807) is 38.1 Å². The summed E-state index contributed by atoms with van der Waals surface area (Å²) in [5, 5.41) is 25.9. The molecule has 0 aliphatic carbocycles. The van der Waals surface area contributed by atoms with E-state index >= 15 is 0 Å². The van der Waals surface area contributed by atoms with Crippen LogP contribution in [0.5, 0.6) is 0 Å². The topological polar surface area (TPSA) is 148 Å². The van der Waals surface area contributed by atoms with Crippen molar-refractivity contribution in [2.24, 2.45) is 0 Å². The number of quaternary nitrogens is 1. The SMILES string of the molecule is CC/C=C/C(C#N)=C(\C=C(/C)NC(=O)N1CCCc2cc(CN3CC[N+](C)(O)CC3=O)c(C=O)nc21)NCCOC. The fourth-order valence-electron chi connectivity index (χ4n) is 4.71. The molecule has 0 saturated carbocycles. The third-order valence-electron chi connectivity index (χ3n) is 6.89. The summed E-state index contributed by atoms with van der Waals surface area (Å²) < 4.78 is 4.75. The molecule has 3 rings (SSSR count). The second kappa shape index (κ2) is 14.5. The molecule has 1 unspecified atom stereocenters. The van der Waals surface area contributed by atoms with Crippen molar-refractivity contribution in [1.29, 1.82) is 5.26 Å². The zero-order valence-electron chi connectivity index (χ0n) is 24.3. The molecule has 1 aromatic heterocycles. The van der Waals surface area contributed by atoms with E-state index in [0.29, 0.717) is 80.3 Å². The van der Waals surface area contributed by atoms with Gasteiger partial charge < -0.3 is 20.3 Å². The van der Waals surface area contributed by atoms with Crippen LogP contribution in [0.1, 0.15) is 48.3 Å². The Morgan fingerprint density at radius 2 is 2.15 bits per heavy atom. The highest BCUT2D eigenvalue weighted by atomic mass is 16.5. The van der Waals surface area contributed by atoms with Crippen LogP contribution in [0.15, 0.2) is 41.3 Å². The van der Waals surface area contributed by atoms with Gasteiger partial charge in [-0.25, -0.2) is 15.0 Å². The van der Waals surface area contributed by atoms with Gasteiger partial charge in [0.25, 0.3) is 5.91 Å². The van der Waals surface area contributed by atoms with E-state index in [1.807, 2.05) is 19.1 Å². The summed E-state index contributed by atoms with van der Waals surface area (Å²) in [6.07, 6.45) is 8.13. The molecule has 3 amide bonds. The molecule has 2 aliphatic rings. The minimum absolute atomic E-state index is 0.0286. The normalized spacial score (nSPS) is 19.9. The molecule has 2 aliphatic heterocycles. The number of carbonyl (C=O) groups is 3. The van der Waals surface area contributed by atoms with Crippen molar-refractivity contribution in [2.45, 2.75) is 39.7 Å². The number of nitrogens with zero attached hydrogens (tertiary/aromatic N) is 5. The summed E-state index contributed by atoms with van der Waals surface area (Å²) in [4.78, 5) is 45.6. The van der Waals surface area contributed by atoms with Crippen LogP contribution in [0.3, 0.4) is 0 Å². The molecular formula is C29H40N7O5+. The summed E-state index contributed by atoms with van der Waals surface area (Å²) in [5.74, 6) is 0.212. The number of ether oxygens (including phenoxy) is 1. The number of allylic oxidation sites excluding steroid dienone is 5. The summed E-state index contributed by atoms with van der Waals surface area (Å²) in [6, 6.07) is 3.64. The number of aryl methyl sites for hydroxylation is 1. The molecule has 3 N–H and O–H groups in total. The minimum atomic E-state index is -0.401. The molecule has 3 heterocycles. The van der Waals surface area contributed by atoms with Gasteiger partial charge in [-0.1, -0.05) is 13.0 Å². The largest absolute Gasteiger partial charge is 0.383 e. The number of fused-ring (bicyclic) bond motifs is 1. The standard InChI is InChI=1S/C29H39N7O5/c1-5-6-8-23(17-30)25(31-10-14-41-4)15-21(2)32-29(39)35-11-7-9-22-16-24(26(20-37)33-28(22)35)18-34-12-13-36(3,40)19-27(34)38/h6,8,15-16,20,31,40H,5,7,9-14,18-19H2,1-4H3/p+1/b8-6+,21-15+,25-23-. The number of hydrogen-bond acceptors (Lipinski definition) is 8. The summed E-state index contributed by atoms with van der Waals surface area (Å²) in [5.41, 5.74) is 3.11. The Kier molecular flexibility index (Phi) is 11.2. The Labute approximate surface area is 241 Å². The van der Waals surface area contributed by atoms with Gasteiger partial charge in [-0.15, -0.1) is 0 Å². The third-order valence-corrected chi connectivity index (χ3v) is 6.89. The number of hydroxylamine groups is 3. The van der Waals surface area contributed by atoms with Gasteiger partial charge in [-0.3, -0.25) is 14.5 Å². The fraction of sp³-hybridized carbons (Fsp3) is 0.483. The van der Waals surface area contributed by atoms with Gasteiger partial charge in [0.05, 0.1) is 31.5 Å². The third kappa shape index (κ3) is 8.47. The van der Waals surface area contributed by atoms with Crippen molar-refractivity contribution in [3.05, 3.63) is 58.1 Å². The molecule has 0 spiro atoms. The zero-order chi connectivity index (χ0) is 30.0. The number of aldehydes is 1. The first-order valence-corrected chi connectivity index (χ1v) is 13.8. The zero-order valence-corrected chi connectivity index (χ0v) is 24.3. The van der Waals surface area contributed by atoms with E-state index in [0.717, 1.165) is 12.0 Å². The molecule has 0 bridgehead atoms. The van der Waals surface area contributed by atoms with Crippen LogP contribution in [0.2, 0.25) is 0 Å². The van der Waals surface area contributed by atoms with E-state index in [2.05, 4.69) is 21.7 Å². The number of amides is 3. The van der Waals surface area contributed by atoms with Gasteiger partial charge in [0, 0.05) is 38.0 Å². The molecule has 220 valence electrons. The van der Waals surface area contributed by atoms with Crippen LogP contribution in [-0.2, 0) is 22.5 Å². The van der Waals surface area contributed by atoms with Gasteiger partial charge in [-0.05, 0) is 50.0 Å². The maximum Gasteiger partial charge on any atom is 0.327 e. The van der Waals surface area contributed by atoms with E-state index in [-0.39, 0.29) is 29.3 Å². The van der Waals surface area contributed by atoms with Crippen LogP contribution in [0, 0.1) is 11.3 Å². The molecule has 12 nitrogen and oxygen atoms in total. The number of methoxy groups -OCH3 is 1. The van der Waals surface area contributed by atoms with Gasteiger partial charge in [-0.2, -0.15) is 9.91 Å². The van der Waals surface area contributed by atoms with E-state index in [9.17, 15) is 24.9 Å². The number of likely N-dealkylation sites (N-methyl/N-ethyl adjacent to an activating group) is 1. The van der Waals surface area contributed by atoms with Crippen LogP contribution in [0.25, 0.3) is 0 Å². The Bertz CT molecular complexity index is 1280. The first kappa shape index (κ1) is 31.5. The number of urea groups is 1. The van der Waals surface area contributed by atoms with Crippen molar-refractivity contribution in [2.75, 3.05) is 58.4 Å². The summed E-state index contributed by atoms with van der Waals surface area (Å²) in [7, 11) is 3.18. The lowest BCUT2D eigenvalue weighted by Crippen LogP contribution is -2.57. The number of nitrogens with one attached hydrogen (secondary N) is 2. The molecule has 1 fully saturated rings. The second-order valence-electron chi connectivity index (χ2n) is 10.4. The van der Waals surface area contributed by atoms with E-state index in [1.165, 1.54) is 4.90 Å². The average molecular weight is 567 g/mol. The molecule has 1 atom stereocenters. The molecule has 0 radical (unpaired) electrons. The molecule has 12 heteroatoms. The first-order chi connectivity index (χ1) is 19.6. The highest BCUT2D eigenvalue weighted by Crippen LogP contribution is 2.28. The molecule has 1 aromatic rings. The van der Waals surface area contributed by atoms with Gasteiger partial charge >= 0.3 is 6.03 Å². The second-order valence-corrected chi connectivity index (χ2v) is 10.4. The predicted octanol–water partition coefficient (Wildman–Crippen LogP) is 2.42. The highest BCUT2D eigenvalue weighted by molar-refractivity contribution is 5.94. The van der Waals surface area contributed by atoms with E-state index < -0.39 is 6.03 Å². The molecular weight excluding hydrogens is 526 g/mol. The van der Waals surface area contributed by atoms with Crippen molar-refractivity contribution < 1.29 is 29.0 Å². The first-order valence-electron chi connectivity index (χ1n) is 13.8. The Morgan fingerprint density at radius 3 is 2.80 bits per heavy atom. The Hall–Kier alpha value is -4.05. The maximum absolute atomic E-state index is 13.4. The predicted molar refractivity (Wildman–Crippen MR) is 153 cm³/mol. The Morgan fingerprint density at radius 1 is 1.37 bits per heavy atom. The smallest absolute Gasteiger partial charge is 0.327 e. The number of hydrogen-bond donors (Lipinski definition) is 3. The van der Waals surface area contributed by atoms with Crippen molar-refractivity contribution >= 4 is 24.0 Å². The lowest BCUT2D eigenvalue weighted by atomic mass is 10.0. The maximum atomic E-state index is 13.4. The van der Waals surface area contributed by atoms with E-state index in [4.69, 9.17) is 4.74 Å². The van der Waals surface area contributed by atoms with Crippen molar-refractivity contribution in [3.8, 4) is 6.07 Å². The minimum Gasteiger partial charge on any atom is -0.383 e. The van der Waals surface area contributed by atoms with Crippen LogP contribution in [0.4, 0.5) is 10.6 Å². The van der Waals surface area contributed by atoms with Gasteiger partial charge in [0.1, 0.15) is 24.1 Å². The average Bonchev–Trinajstić information content (AvgIpc) is 2.93. The fourth-order valence-corrected chi connectivity index (χ4v) is 4.71. The van der Waals surface area contributed by atoms with Crippen molar-refractivity contribution in [1.82, 2.24) is 20.5 Å². The lowest BCUT2D eigenvalue weighted by Gasteiger charge is -2.35. The lowest BCUT2D eigenvalue weighted by molar-refractivity contribution is -1.08. The number of anilines is 1. The van der Waals surface area contributed by atoms with Gasteiger partial charge in [0.2, 0.25) is 0 Å². The van der Waals surface area contributed by atoms with Crippen molar-refractivity contribution in [3.63, 3.8) is 0 Å². The number of aromatic nitrogens is 1. The van der Waals surface area contributed by atoms with Gasteiger partial charge in [0.15, 0.2) is 12.8 Å². The molecule has 0 aromatic carbocycles. The number of carbonyl (C=O) groups excluding carboxylic acids is 3. The number of rotatable bonds is 11. The molecule has 1 saturated heterocycles. The molecule has 41 heavy (non-hydrogen) atoms. The highest BCUT2D eigenvalue weighted by Gasteiger charge is 2.34. The van der Waals surface area contributed by atoms with Crippen LogP contribution >= 0.6 is 0 Å². The quantitative estimate of drug-likeness (QED) is 0.122. The Balaban J connectivity index is 1.82.